The van der Waals surface area contributed by atoms with E-state index in [9.17, 15) is 19.5 Å². The maximum atomic E-state index is 13.0. The first-order valence-corrected chi connectivity index (χ1v) is 8.59. The van der Waals surface area contributed by atoms with E-state index < -0.39 is 11.5 Å². The van der Waals surface area contributed by atoms with E-state index in [0.717, 1.165) is 18.4 Å². The Morgan fingerprint density at radius 3 is 2.42 bits per heavy atom. The molecule has 0 saturated heterocycles. The smallest absolute Gasteiger partial charge is 0.335 e. The van der Waals surface area contributed by atoms with Crippen LogP contribution in [-0.4, -0.2) is 20.2 Å². The SMILES string of the molecule is O=C(O)c1ccc2c(c1)c(=O)n(Cc1ccccc1)c(=O)n2CC1CC1. The number of benzene rings is 2. The van der Waals surface area contributed by atoms with Gasteiger partial charge in [-0.3, -0.25) is 13.9 Å². The summed E-state index contributed by atoms with van der Waals surface area (Å²) >= 11 is 0. The fourth-order valence-corrected chi connectivity index (χ4v) is 3.20. The summed E-state index contributed by atoms with van der Waals surface area (Å²) in [5.74, 6) is -0.654. The average Bonchev–Trinajstić information content (AvgIpc) is 3.47. The van der Waals surface area contributed by atoms with Crippen LogP contribution in [0.3, 0.4) is 0 Å². The zero-order chi connectivity index (χ0) is 18.3. The minimum Gasteiger partial charge on any atom is -0.478 e. The lowest BCUT2D eigenvalue weighted by molar-refractivity contribution is 0.0697. The molecule has 1 aliphatic carbocycles. The van der Waals surface area contributed by atoms with Crippen molar-refractivity contribution < 1.29 is 9.90 Å². The molecular weight excluding hydrogens is 332 g/mol. The molecule has 0 unspecified atom stereocenters. The summed E-state index contributed by atoms with van der Waals surface area (Å²) in [6.45, 7) is 0.716. The average molecular weight is 350 g/mol. The standard InChI is InChI=1S/C20H18N2O4/c23-18-16-10-15(19(24)25)8-9-17(16)21(11-14-6-7-14)20(26)22(18)12-13-4-2-1-3-5-13/h1-5,8-10,14H,6-7,11-12H2,(H,24,25). The lowest BCUT2D eigenvalue weighted by atomic mass is 10.1. The molecule has 26 heavy (non-hydrogen) atoms. The highest BCUT2D eigenvalue weighted by Crippen LogP contribution is 2.30. The predicted molar refractivity (Wildman–Crippen MR) is 97.7 cm³/mol. The molecule has 3 aromatic rings. The third kappa shape index (κ3) is 2.94. The van der Waals surface area contributed by atoms with Crippen molar-refractivity contribution in [1.82, 2.24) is 9.13 Å². The van der Waals surface area contributed by atoms with Gasteiger partial charge in [0, 0.05) is 6.54 Å². The number of nitrogens with zero attached hydrogens (tertiary/aromatic N) is 2. The Morgan fingerprint density at radius 2 is 1.77 bits per heavy atom. The van der Waals surface area contributed by atoms with Crippen LogP contribution in [0.5, 0.6) is 0 Å². The van der Waals surface area contributed by atoms with Crippen LogP contribution >= 0.6 is 0 Å². The Kier molecular flexibility index (Phi) is 3.95. The van der Waals surface area contributed by atoms with E-state index in [2.05, 4.69) is 0 Å². The van der Waals surface area contributed by atoms with Gasteiger partial charge in [-0.25, -0.2) is 9.59 Å². The van der Waals surface area contributed by atoms with Crippen LogP contribution in [0.1, 0.15) is 28.8 Å². The van der Waals surface area contributed by atoms with Crippen molar-refractivity contribution in [2.45, 2.75) is 25.9 Å². The summed E-state index contributed by atoms with van der Waals surface area (Å²) in [5, 5.41) is 9.51. The Balaban J connectivity index is 1.96. The molecule has 1 aromatic heterocycles. The van der Waals surface area contributed by atoms with Gasteiger partial charge in [-0.05, 0) is 42.5 Å². The number of aromatic carboxylic acids is 1. The van der Waals surface area contributed by atoms with Gasteiger partial charge in [0.2, 0.25) is 0 Å². The first-order valence-electron chi connectivity index (χ1n) is 8.59. The van der Waals surface area contributed by atoms with Gasteiger partial charge in [0.05, 0.1) is 23.0 Å². The molecular formula is C20H18N2O4. The second kappa shape index (κ2) is 6.29. The molecule has 0 bridgehead atoms. The molecule has 0 radical (unpaired) electrons. The lowest BCUT2D eigenvalue weighted by Crippen LogP contribution is -2.40. The second-order valence-corrected chi connectivity index (χ2v) is 6.75. The fourth-order valence-electron chi connectivity index (χ4n) is 3.20. The van der Waals surface area contributed by atoms with Crippen molar-refractivity contribution in [3.8, 4) is 0 Å². The number of fused-ring (bicyclic) bond motifs is 1. The van der Waals surface area contributed by atoms with Crippen LogP contribution < -0.4 is 11.2 Å². The molecule has 1 aliphatic rings. The molecule has 1 heterocycles. The zero-order valence-electron chi connectivity index (χ0n) is 14.1. The van der Waals surface area contributed by atoms with Crippen molar-refractivity contribution in [2.24, 2.45) is 5.92 Å². The van der Waals surface area contributed by atoms with Crippen LogP contribution in [0.2, 0.25) is 0 Å². The van der Waals surface area contributed by atoms with Crippen LogP contribution in [0.15, 0.2) is 58.1 Å². The topological polar surface area (TPSA) is 81.3 Å². The quantitative estimate of drug-likeness (QED) is 0.766. The van der Waals surface area contributed by atoms with E-state index in [1.807, 2.05) is 30.3 Å². The van der Waals surface area contributed by atoms with E-state index in [-0.39, 0.29) is 23.2 Å². The fraction of sp³-hybridized carbons (Fsp3) is 0.250. The van der Waals surface area contributed by atoms with Crippen molar-refractivity contribution in [1.29, 1.82) is 0 Å². The van der Waals surface area contributed by atoms with Crippen molar-refractivity contribution in [3.63, 3.8) is 0 Å². The normalized spacial score (nSPS) is 13.8. The summed E-state index contributed by atoms with van der Waals surface area (Å²) in [5.41, 5.74) is 0.586. The Hall–Kier alpha value is -3.15. The van der Waals surface area contributed by atoms with Gasteiger partial charge in [-0.15, -0.1) is 0 Å². The lowest BCUT2D eigenvalue weighted by Gasteiger charge is -2.14. The largest absolute Gasteiger partial charge is 0.478 e. The highest BCUT2D eigenvalue weighted by Gasteiger charge is 2.24. The van der Waals surface area contributed by atoms with E-state index >= 15 is 0 Å². The Bertz CT molecular complexity index is 1110. The summed E-state index contributed by atoms with van der Waals surface area (Å²) in [6, 6.07) is 13.7. The summed E-state index contributed by atoms with van der Waals surface area (Å²) < 4.78 is 2.81. The van der Waals surface area contributed by atoms with Gasteiger partial charge in [-0.1, -0.05) is 30.3 Å². The van der Waals surface area contributed by atoms with E-state index in [1.165, 1.54) is 16.7 Å². The number of carboxylic acid groups (broad SMARTS) is 1. The molecule has 0 atom stereocenters. The molecule has 132 valence electrons. The van der Waals surface area contributed by atoms with Gasteiger partial charge < -0.3 is 5.11 Å². The van der Waals surface area contributed by atoms with Gasteiger partial charge in [-0.2, -0.15) is 0 Å². The van der Waals surface area contributed by atoms with Gasteiger partial charge in [0.15, 0.2) is 0 Å². The Labute approximate surface area is 148 Å². The van der Waals surface area contributed by atoms with Gasteiger partial charge in [0.1, 0.15) is 0 Å². The van der Waals surface area contributed by atoms with Gasteiger partial charge in [0.25, 0.3) is 5.56 Å². The molecule has 0 aliphatic heterocycles. The molecule has 0 spiro atoms. The minimum absolute atomic E-state index is 0.0393. The third-order valence-electron chi connectivity index (χ3n) is 4.79. The van der Waals surface area contributed by atoms with E-state index in [4.69, 9.17) is 0 Å². The molecule has 0 amide bonds. The number of carbonyl (C=O) groups is 1. The molecule has 2 aromatic carbocycles. The van der Waals surface area contributed by atoms with Crippen molar-refractivity contribution in [3.05, 3.63) is 80.5 Å². The maximum absolute atomic E-state index is 13.0. The number of hydrogen-bond donors (Lipinski definition) is 1. The molecule has 1 fully saturated rings. The van der Waals surface area contributed by atoms with E-state index in [1.54, 1.807) is 10.6 Å². The molecule has 1 saturated carbocycles. The van der Waals surface area contributed by atoms with Crippen molar-refractivity contribution in [2.75, 3.05) is 0 Å². The third-order valence-corrected chi connectivity index (χ3v) is 4.79. The van der Waals surface area contributed by atoms with E-state index in [0.29, 0.717) is 18.0 Å². The first-order chi connectivity index (χ1) is 12.5. The summed E-state index contributed by atoms with van der Waals surface area (Å²) in [6.07, 6.45) is 2.14. The highest BCUT2D eigenvalue weighted by molar-refractivity contribution is 5.93. The summed E-state index contributed by atoms with van der Waals surface area (Å²) in [7, 11) is 0. The second-order valence-electron chi connectivity index (χ2n) is 6.75. The number of hydrogen-bond acceptors (Lipinski definition) is 3. The molecule has 6 nitrogen and oxygen atoms in total. The van der Waals surface area contributed by atoms with Crippen LogP contribution in [-0.2, 0) is 13.1 Å². The molecule has 6 heteroatoms. The molecule has 4 rings (SSSR count). The Morgan fingerprint density at radius 1 is 1.04 bits per heavy atom. The highest BCUT2D eigenvalue weighted by atomic mass is 16.4. The molecule has 1 N–H and O–H groups in total. The first kappa shape index (κ1) is 16.3. The van der Waals surface area contributed by atoms with Crippen LogP contribution in [0.4, 0.5) is 0 Å². The zero-order valence-corrected chi connectivity index (χ0v) is 14.1. The number of rotatable bonds is 5. The number of aromatic nitrogens is 2. The van der Waals surface area contributed by atoms with Crippen LogP contribution in [0, 0.1) is 5.92 Å². The monoisotopic (exact) mass is 350 g/mol. The minimum atomic E-state index is -1.10. The maximum Gasteiger partial charge on any atom is 0.335 e. The summed E-state index contributed by atoms with van der Waals surface area (Å²) in [4.78, 5) is 37.2. The number of carboxylic acids is 1. The van der Waals surface area contributed by atoms with Crippen molar-refractivity contribution >= 4 is 16.9 Å². The van der Waals surface area contributed by atoms with Crippen LogP contribution in [0.25, 0.3) is 10.9 Å². The van der Waals surface area contributed by atoms with Gasteiger partial charge >= 0.3 is 11.7 Å². The predicted octanol–water partition coefficient (Wildman–Crippen LogP) is 2.32.